The van der Waals surface area contributed by atoms with Gasteiger partial charge in [0.1, 0.15) is 5.75 Å². The molecule has 2 rings (SSSR count). The van der Waals surface area contributed by atoms with Gasteiger partial charge in [0.05, 0.1) is 0 Å². The number of para-hydroxylation sites is 1. The van der Waals surface area contributed by atoms with Gasteiger partial charge in [-0.2, -0.15) is 0 Å². The molecule has 2 aromatic rings. The van der Waals surface area contributed by atoms with Gasteiger partial charge in [-0.05, 0) is 43.1 Å². The summed E-state index contributed by atoms with van der Waals surface area (Å²) in [5, 5.41) is 3.32. The van der Waals surface area contributed by atoms with Crippen molar-refractivity contribution < 1.29 is 9.13 Å². The minimum absolute atomic E-state index is 0.305. The van der Waals surface area contributed by atoms with Gasteiger partial charge in [-0.3, -0.25) is 0 Å². The summed E-state index contributed by atoms with van der Waals surface area (Å²) in [6.07, 6.45) is 0. The second-order valence-corrected chi connectivity index (χ2v) is 5.67. The van der Waals surface area contributed by atoms with Crippen molar-refractivity contribution in [3.63, 3.8) is 0 Å². The third-order valence-electron chi connectivity index (χ3n) is 3.13. The van der Waals surface area contributed by atoms with Gasteiger partial charge in [0, 0.05) is 12.1 Å². The molecule has 0 heterocycles. The second-order valence-electron chi connectivity index (χ2n) is 5.67. The summed E-state index contributed by atoms with van der Waals surface area (Å²) in [6, 6.07) is 12.7. The number of halogens is 1. The SMILES string of the molecule is Cc1cccc(Oc2c(F)cccc2CNCC(C)C)c1. The molecular formula is C18H22FNO. The average molecular weight is 287 g/mol. The predicted molar refractivity (Wildman–Crippen MR) is 84.2 cm³/mol. The van der Waals surface area contributed by atoms with Gasteiger partial charge in [-0.1, -0.05) is 38.1 Å². The van der Waals surface area contributed by atoms with E-state index in [9.17, 15) is 4.39 Å². The lowest BCUT2D eigenvalue weighted by Gasteiger charge is -2.14. The van der Waals surface area contributed by atoms with E-state index in [2.05, 4.69) is 19.2 Å². The van der Waals surface area contributed by atoms with E-state index in [1.807, 2.05) is 37.3 Å². The first-order valence-corrected chi connectivity index (χ1v) is 7.29. The molecule has 0 saturated heterocycles. The molecule has 0 bridgehead atoms. The van der Waals surface area contributed by atoms with Gasteiger partial charge in [0.15, 0.2) is 11.6 Å². The molecule has 3 heteroatoms. The van der Waals surface area contributed by atoms with Gasteiger partial charge in [-0.15, -0.1) is 0 Å². The second kappa shape index (κ2) is 7.23. The fraction of sp³-hybridized carbons (Fsp3) is 0.333. The first-order chi connectivity index (χ1) is 10.1. The summed E-state index contributed by atoms with van der Waals surface area (Å²) in [4.78, 5) is 0. The van der Waals surface area contributed by atoms with Crippen LogP contribution in [0.3, 0.4) is 0 Å². The standard InChI is InChI=1S/C18H22FNO/c1-13(2)11-20-12-15-7-5-9-17(19)18(15)21-16-8-4-6-14(3)10-16/h4-10,13,20H,11-12H2,1-3H3. The van der Waals surface area contributed by atoms with Crippen LogP contribution in [0.4, 0.5) is 4.39 Å². The summed E-state index contributed by atoms with van der Waals surface area (Å²) in [7, 11) is 0. The molecule has 0 aliphatic rings. The Morgan fingerprint density at radius 3 is 2.62 bits per heavy atom. The van der Waals surface area contributed by atoms with Crippen LogP contribution in [0.1, 0.15) is 25.0 Å². The number of hydrogen-bond acceptors (Lipinski definition) is 2. The molecular weight excluding hydrogens is 265 g/mol. The molecule has 0 radical (unpaired) electrons. The molecule has 0 aliphatic carbocycles. The smallest absolute Gasteiger partial charge is 0.167 e. The zero-order chi connectivity index (χ0) is 15.2. The molecule has 0 saturated carbocycles. The first kappa shape index (κ1) is 15.5. The van der Waals surface area contributed by atoms with Crippen molar-refractivity contribution in [1.29, 1.82) is 0 Å². The summed E-state index contributed by atoms with van der Waals surface area (Å²) in [5.74, 6) is 1.18. The van der Waals surface area contributed by atoms with Crippen molar-refractivity contribution in [3.8, 4) is 11.5 Å². The largest absolute Gasteiger partial charge is 0.454 e. The van der Waals surface area contributed by atoms with Crippen LogP contribution in [0.2, 0.25) is 0 Å². The predicted octanol–water partition coefficient (Wildman–Crippen LogP) is 4.67. The van der Waals surface area contributed by atoms with Gasteiger partial charge >= 0.3 is 0 Å². The summed E-state index contributed by atoms with van der Waals surface area (Å²) in [5.41, 5.74) is 1.92. The Morgan fingerprint density at radius 1 is 1.14 bits per heavy atom. The van der Waals surface area contributed by atoms with Crippen molar-refractivity contribution in [3.05, 3.63) is 59.4 Å². The zero-order valence-electron chi connectivity index (χ0n) is 12.8. The van der Waals surface area contributed by atoms with Crippen molar-refractivity contribution in [2.45, 2.75) is 27.3 Å². The lowest BCUT2D eigenvalue weighted by atomic mass is 10.1. The minimum Gasteiger partial charge on any atom is -0.454 e. The van der Waals surface area contributed by atoms with E-state index in [0.29, 0.717) is 24.0 Å². The fourth-order valence-electron chi connectivity index (χ4n) is 2.10. The van der Waals surface area contributed by atoms with Crippen LogP contribution in [0.5, 0.6) is 11.5 Å². The molecule has 0 aromatic heterocycles. The Hall–Kier alpha value is -1.87. The highest BCUT2D eigenvalue weighted by atomic mass is 19.1. The highest BCUT2D eigenvalue weighted by molar-refractivity contribution is 5.40. The van der Waals surface area contributed by atoms with Crippen LogP contribution in [-0.2, 0) is 6.54 Å². The Balaban J connectivity index is 2.17. The number of nitrogens with one attached hydrogen (secondary N) is 1. The molecule has 0 aliphatic heterocycles. The highest BCUT2D eigenvalue weighted by Crippen LogP contribution is 2.28. The van der Waals surface area contributed by atoms with Crippen molar-refractivity contribution in [1.82, 2.24) is 5.32 Å². The van der Waals surface area contributed by atoms with E-state index < -0.39 is 0 Å². The zero-order valence-corrected chi connectivity index (χ0v) is 12.8. The normalized spacial score (nSPS) is 10.9. The van der Waals surface area contributed by atoms with E-state index in [4.69, 9.17) is 4.74 Å². The summed E-state index contributed by atoms with van der Waals surface area (Å²) in [6.45, 7) is 7.75. The van der Waals surface area contributed by atoms with Crippen molar-refractivity contribution in [2.75, 3.05) is 6.54 Å². The van der Waals surface area contributed by atoms with Gasteiger partial charge < -0.3 is 10.1 Å². The Bertz CT molecular complexity index is 596. The molecule has 112 valence electrons. The van der Waals surface area contributed by atoms with E-state index in [1.165, 1.54) is 6.07 Å². The highest BCUT2D eigenvalue weighted by Gasteiger charge is 2.11. The lowest BCUT2D eigenvalue weighted by Crippen LogP contribution is -2.19. The lowest BCUT2D eigenvalue weighted by molar-refractivity contribution is 0.431. The maximum absolute atomic E-state index is 14.1. The van der Waals surface area contributed by atoms with Gasteiger partial charge in [0.25, 0.3) is 0 Å². The first-order valence-electron chi connectivity index (χ1n) is 7.29. The fourth-order valence-corrected chi connectivity index (χ4v) is 2.10. The maximum atomic E-state index is 14.1. The summed E-state index contributed by atoms with van der Waals surface area (Å²) >= 11 is 0. The Kier molecular flexibility index (Phi) is 5.34. The molecule has 21 heavy (non-hydrogen) atoms. The van der Waals surface area contributed by atoms with Crippen LogP contribution in [0.25, 0.3) is 0 Å². The van der Waals surface area contributed by atoms with E-state index in [1.54, 1.807) is 6.07 Å². The van der Waals surface area contributed by atoms with Crippen LogP contribution in [-0.4, -0.2) is 6.54 Å². The van der Waals surface area contributed by atoms with E-state index in [-0.39, 0.29) is 5.82 Å². The van der Waals surface area contributed by atoms with Crippen LogP contribution >= 0.6 is 0 Å². The monoisotopic (exact) mass is 287 g/mol. The average Bonchev–Trinajstić information content (AvgIpc) is 2.42. The quantitative estimate of drug-likeness (QED) is 0.833. The number of rotatable bonds is 6. The van der Waals surface area contributed by atoms with E-state index >= 15 is 0 Å². The molecule has 0 unspecified atom stereocenters. The van der Waals surface area contributed by atoms with Crippen molar-refractivity contribution in [2.24, 2.45) is 5.92 Å². The Labute approximate surface area is 126 Å². The molecule has 2 aromatic carbocycles. The van der Waals surface area contributed by atoms with Gasteiger partial charge in [0.2, 0.25) is 0 Å². The molecule has 1 N–H and O–H groups in total. The third kappa shape index (κ3) is 4.57. The number of aryl methyl sites for hydroxylation is 1. The van der Waals surface area contributed by atoms with E-state index in [0.717, 1.165) is 17.7 Å². The topological polar surface area (TPSA) is 21.3 Å². The molecule has 0 atom stereocenters. The maximum Gasteiger partial charge on any atom is 0.167 e. The number of ether oxygens (including phenoxy) is 1. The molecule has 0 amide bonds. The number of hydrogen-bond donors (Lipinski definition) is 1. The third-order valence-corrected chi connectivity index (χ3v) is 3.13. The van der Waals surface area contributed by atoms with Gasteiger partial charge in [-0.25, -0.2) is 4.39 Å². The minimum atomic E-state index is -0.333. The van der Waals surface area contributed by atoms with Crippen LogP contribution < -0.4 is 10.1 Å². The Morgan fingerprint density at radius 2 is 1.90 bits per heavy atom. The van der Waals surface area contributed by atoms with Crippen LogP contribution in [0.15, 0.2) is 42.5 Å². The van der Waals surface area contributed by atoms with Crippen molar-refractivity contribution >= 4 is 0 Å². The molecule has 0 spiro atoms. The summed E-state index contributed by atoms with van der Waals surface area (Å²) < 4.78 is 19.8. The number of benzene rings is 2. The molecule has 2 nitrogen and oxygen atoms in total. The van der Waals surface area contributed by atoms with Crippen LogP contribution in [0, 0.1) is 18.7 Å². The molecule has 0 fully saturated rings.